The number of hydrogen-bond acceptors (Lipinski definition) is 0. The highest BCUT2D eigenvalue weighted by atomic mass is 35.6. The highest BCUT2D eigenvalue weighted by Gasteiger charge is 2.08. The summed E-state index contributed by atoms with van der Waals surface area (Å²) < 4.78 is 0. The summed E-state index contributed by atoms with van der Waals surface area (Å²) in [5.74, 6) is 0. The molecule has 0 nitrogen and oxygen atoms in total. The van der Waals surface area contributed by atoms with E-state index in [4.69, 9.17) is 11.1 Å². The van der Waals surface area contributed by atoms with Gasteiger partial charge in [-0.05, 0) is 16.3 Å². The summed E-state index contributed by atoms with van der Waals surface area (Å²) in [6.07, 6.45) is 0. The van der Waals surface area contributed by atoms with E-state index in [0.717, 1.165) is 0 Å². The summed E-state index contributed by atoms with van der Waals surface area (Å²) in [5.41, 5.74) is 0. The van der Waals surface area contributed by atoms with Gasteiger partial charge in [0.2, 0.25) is 0 Å². The third-order valence-corrected chi connectivity index (χ3v) is 11.0. The van der Waals surface area contributed by atoms with Crippen LogP contribution in [0.2, 0.25) is 0 Å². The predicted molar refractivity (Wildman–Crippen MR) is 23.1 cm³/mol. The monoisotopic (exact) mass is 119 g/mol. The van der Waals surface area contributed by atoms with Crippen molar-refractivity contribution in [1.82, 2.24) is 0 Å². The Morgan fingerprint density at radius 2 is 1.75 bits per heavy atom. The van der Waals surface area contributed by atoms with Crippen LogP contribution in [0.3, 0.4) is 0 Å². The second-order valence-electron chi connectivity index (χ2n) is 0.564. The molecule has 0 aliphatic carbocycles. The van der Waals surface area contributed by atoms with E-state index in [1.54, 1.807) is 0 Å². The van der Waals surface area contributed by atoms with Gasteiger partial charge in [0.25, 0.3) is 0 Å². The van der Waals surface area contributed by atoms with Crippen molar-refractivity contribution in [1.29, 1.82) is 0 Å². The number of rotatable bonds is 0. The van der Waals surface area contributed by atoms with Gasteiger partial charge in [0.05, 0.1) is 0 Å². The van der Waals surface area contributed by atoms with Crippen molar-refractivity contribution in [3.8, 4) is 0 Å². The molecule has 0 saturated heterocycles. The third-order valence-electron chi connectivity index (χ3n) is 0.219. The molecule has 19 valence electrons. The van der Waals surface area contributed by atoms with Gasteiger partial charge < -0.3 is 0 Å². The van der Waals surface area contributed by atoms with Gasteiger partial charge >= 0.3 is 0 Å². The van der Waals surface area contributed by atoms with Crippen LogP contribution in [-0.2, 0) is 0 Å². The fourth-order valence-electron chi connectivity index (χ4n) is 0.0236. The normalized spacial score (nSPS) is 22.2. The van der Waals surface area contributed by atoms with E-state index in [2.05, 4.69) is 0 Å². The first-order chi connectivity index (χ1) is 1.89. The maximum absolute atomic E-state index is 5.51. The van der Waals surface area contributed by atoms with Gasteiger partial charge in [0.1, 0.15) is 0 Å². The Balaban J connectivity index is 2.32. The molecule has 0 atom stereocenters. The van der Waals surface area contributed by atoms with Gasteiger partial charge in [-0.3, -0.25) is 0 Å². The van der Waals surface area contributed by atoms with Crippen LogP contribution >= 0.6 is 11.1 Å². The molecule has 4 heteroatoms. The first kappa shape index (κ1) is 3.14. The van der Waals surface area contributed by atoms with Crippen molar-refractivity contribution in [3.63, 3.8) is 0 Å². The molecule has 0 N–H and O–H groups in total. The molecule has 1 heterocycles. The fourth-order valence-corrected chi connectivity index (χ4v) is 5.74. The van der Waals surface area contributed by atoms with Crippen molar-refractivity contribution in [2.75, 3.05) is 0 Å². The van der Waals surface area contributed by atoms with E-state index in [1.807, 2.05) is 0 Å². The molecule has 0 aromatic carbocycles. The maximum Gasteiger partial charge on any atom is 0.170 e. The average molecular weight is 120 g/mol. The van der Waals surface area contributed by atoms with Crippen LogP contribution in [0, 0.1) is 0 Å². The molecule has 0 amide bonds. The Labute approximate surface area is 35.0 Å². The zero-order chi connectivity index (χ0) is 2.99. The minimum Gasteiger partial charge on any atom is -0.169 e. The Bertz CT molecular complexity index is 41.2. The first-order valence-corrected chi connectivity index (χ1v) is 8.45. The molecule has 4 heavy (non-hydrogen) atoms. The molecule has 0 spiro atoms. The highest BCUT2D eigenvalue weighted by molar-refractivity contribution is 7.78. The van der Waals surface area contributed by atoms with Gasteiger partial charge in [0.15, 0.2) is 7.14 Å². The van der Waals surface area contributed by atoms with E-state index >= 15 is 0 Å². The lowest BCUT2D eigenvalue weighted by molar-refractivity contribution is 4.24. The third kappa shape index (κ3) is 0.713. The molecule has 1 aliphatic heterocycles. The van der Waals surface area contributed by atoms with E-state index in [0.29, 0.717) is 0 Å². The molecule has 0 bridgehead atoms. The smallest absolute Gasteiger partial charge is 0.169 e. The van der Waals surface area contributed by atoms with Crippen molar-refractivity contribution >= 4 is 34.5 Å². The molecular formula is ClSi3. The van der Waals surface area contributed by atoms with Gasteiger partial charge in [-0.1, -0.05) is 0 Å². The second kappa shape index (κ2) is 0.966. The van der Waals surface area contributed by atoms with Crippen molar-refractivity contribution in [2.45, 2.75) is 0 Å². The van der Waals surface area contributed by atoms with E-state index in [-0.39, 0.29) is 7.14 Å². The van der Waals surface area contributed by atoms with Crippen molar-refractivity contribution in [3.05, 3.63) is 0 Å². The molecule has 3 radical (unpaired) electrons. The van der Waals surface area contributed by atoms with Gasteiger partial charge in [-0.25, -0.2) is 0 Å². The standard InChI is InChI=1S/ClSi3/c1-4-2-3-4. The van der Waals surface area contributed by atoms with Crippen LogP contribution in [0.4, 0.5) is 0 Å². The molecule has 1 aliphatic rings. The minimum atomic E-state index is -0.102. The Kier molecular flexibility index (Phi) is 0.759. The SMILES string of the molecule is Cl[Si]1[Si]=[Si]1. The molecule has 1 rings (SSSR count). The van der Waals surface area contributed by atoms with Crippen LogP contribution in [0.15, 0.2) is 0 Å². The topological polar surface area (TPSA) is 0 Å². The van der Waals surface area contributed by atoms with Crippen molar-refractivity contribution < 1.29 is 0 Å². The van der Waals surface area contributed by atoms with Crippen LogP contribution in [0.1, 0.15) is 0 Å². The summed E-state index contributed by atoms with van der Waals surface area (Å²) in [7, 11) is 2.30. The van der Waals surface area contributed by atoms with Crippen LogP contribution in [0.25, 0.3) is 0 Å². The molecular weight excluding hydrogens is 120 g/mol. The zero-order valence-corrected chi connectivity index (χ0v) is 5.63. The molecule has 0 aromatic heterocycles. The fraction of sp³-hybridized carbons (Fsp3) is 0. The molecule has 0 unspecified atom stereocenters. The van der Waals surface area contributed by atoms with Gasteiger partial charge in [-0.2, -0.15) is 11.1 Å². The summed E-state index contributed by atoms with van der Waals surface area (Å²) in [6, 6.07) is 0. The average Bonchev–Trinajstić information content (AvgIpc) is 1.75. The lowest BCUT2D eigenvalue weighted by atomic mass is 26.9. The Morgan fingerprint density at radius 3 is 1.75 bits per heavy atom. The maximum atomic E-state index is 5.51. The summed E-state index contributed by atoms with van der Waals surface area (Å²) in [5, 5.41) is 0. The van der Waals surface area contributed by atoms with E-state index in [1.165, 1.54) is 16.3 Å². The number of halogens is 1. The Hall–Kier alpha value is 0.941. The summed E-state index contributed by atoms with van der Waals surface area (Å²) in [4.78, 5) is 0. The molecule has 0 fully saturated rings. The molecule has 0 aromatic rings. The van der Waals surface area contributed by atoms with Crippen LogP contribution < -0.4 is 0 Å². The summed E-state index contributed by atoms with van der Waals surface area (Å²) >= 11 is 5.51. The van der Waals surface area contributed by atoms with Gasteiger partial charge in [-0.15, -0.1) is 0 Å². The zero-order valence-electron chi connectivity index (χ0n) is 1.88. The van der Waals surface area contributed by atoms with Crippen molar-refractivity contribution in [2.24, 2.45) is 0 Å². The van der Waals surface area contributed by atoms with Crippen LogP contribution in [-0.4, -0.2) is 23.4 Å². The highest BCUT2D eigenvalue weighted by Crippen LogP contribution is 1.83. The summed E-state index contributed by atoms with van der Waals surface area (Å²) in [6.45, 7) is 0. The van der Waals surface area contributed by atoms with E-state index < -0.39 is 0 Å². The lowest BCUT2D eigenvalue weighted by Crippen LogP contribution is -1.75. The second-order valence-corrected chi connectivity index (χ2v) is 15.2. The number of hydrogen-bond donors (Lipinski definition) is 0. The largest absolute Gasteiger partial charge is 0.170 e. The Morgan fingerprint density at radius 1 is 1.50 bits per heavy atom. The first-order valence-electron chi connectivity index (χ1n) is 0.939. The lowest BCUT2D eigenvalue weighted by Gasteiger charge is -1.49. The predicted octanol–water partition coefficient (Wildman–Crippen LogP) is -0.453. The molecule has 0 saturated carbocycles. The van der Waals surface area contributed by atoms with E-state index in [9.17, 15) is 0 Å². The minimum absolute atomic E-state index is 0.102. The van der Waals surface area contributed by atoms with Gasteiger partial charge in [0, 0.05) is 0 Å². The van der Waals surface area contributed by atoms with Crippen LogP contribution in [0.5, 0.6) is 0 Å². The quantitative estimate of drug-likeness (QED) is 0.299.